The second-order valence-corrected chi connectivity index (χ2v) is 5.82. The van der Waals surface area contributed by atoms with Gasteiger partial charge in [0.2, 0.25) is 11.8 Å². The molecular formula is C20H23N3O3. The zero-order valence-corrected chi connectivity index (χ0v) is 14.7. The lowest BCUT2D eigenvalue weighted by Crippen LogP contribution is -2.42. The number of carbonyl (C=O) groups excluding carboxylic acids is 3. The molecule has 6 nitrogen and oxygen atoms in total. The lowest BCUT2D eigenvalue weighted by molar-refractivity contribution is -0.122. The molecule has 0 saturated carbocycles. The smallest absolute Gasteiger partial charge is 0.269 e. The lowest BCUT2D eigenvalue weighted by atomic mass is 10.1. The van der Waals surface area contributed by atoms with Gasteiger partial charge in [0, 0.05) is 18.5 Å². The average Bonchev–Trinajstić information content (AvgIpc) is 2.67. The molecule has 0 bridgehead atoms. The quantitative estimate of drug-likeness (QED) is 0.663. The van der Waals surface area contributed by atoms with Gasteiger partial charge in [-0.15, -0.1) is 0 Å². The molecule has 0 aliphatic heterocycles. The molecule has 2 rings (SSSR count). The van der Waals surface area contributed by atoms with Gasteiger partial charge in [0.05, 0.1) is 6.42 Å². The predicted molar refractivity (Wildman–Crippen MR) is 99.2 cm³/mol. The maximum absolute atomic E-state index is 11.9. The third-order valence-electron chi connectivity index (χ3n) is 3.82. The van der Waals surface area contributed by atoms with Crippen molar-refractivity contribution < 1.29 is 14.4 Å². The number of rotatable bonds is 7. The average molecular weight is 353 g/mol. The molecule has 26 heavy (non-hydrogen) atoms. The standard InChI is InChI=1S/C20H23N3O3/c1-2-15-8-10-17(11-9-15)20(26)23-22-18(24)12-13-21-19(25)14-16-6-4-3-5-7-16/h3-11H,2,12-14H2,1H3,(H,21,25)(H,22,24)(H,23,26). The number of amides is 3. The molecule has 2 aromatic carbocycles. The SMILES string of the molecule is CCc1ccc(C(=O)NNC(=O)CCNC(=O)Cc2ccccc2)cc1. The molecule has 0 aliphatic carbocycles. The summed E-state index contributed by atoms with van der Waals surface area (Å²) in [6.07, 6.45) is 1.25. The number of hydrazine groups is 1. The molecule has 0 spiro atoms. The van der Waals surface area contributed by atoms with Crippen molar-refractivity contribution in [3.8, 4) is 0 Å². The fourth-order valence-corrected chi connectivity index (χ4v) is 2.31. The van der Waals surface area contributed by atoms with E-state index in [0.717, 1.165) is 17.5 Å². The van der Waals surface area contributed by atoms with Crippen molar-refractivity contribution in [1.29, 1.82) is 0 Å². The van der Waals surface area contributed by atoms with Gasteiger partial charge in [-0.1, -0.05) is 49.4 Å². The predicted octanol–water partition coefficient (Wildman–Crippen LogP) is 1.76. The summed E-state index contributed by atoms with van der Waals surface area (Å²) in [6, 6.07) is 16.5. The highest BCUT2D eigenvalue weighted by Crippen LogP contribution is 2.04. The molecule has 0 fully saturated rings. The van der Waals surface area contributed by atoms with E-state index in [1.54, 1.807) is 12.1 Å². The van der Waals surface area contributed by atoms with Gasteiger partial charge in [-0.2, -0.15) is 0 Å². The van der Waals surface area contributed by atoms with Gasteiger partial charge in [0.1, 0.15) is 0 Å². The Hall–Kier alpha value is -3.15. The second kappa shape index (κ2) is 9.98. The summed E-state index contributed by atoms with van der Waals surface area (Å²) >= 11 is 0. The maximum atomic E-state index is 11.9. The van der Waals surface area contributed by atoms with Crippen molar-refractivity contribution in [3.63, 3.8) is 0 Å². The molecule has 0 unspecified atom stereocenters. The molecule has 0 radical (unpaired) electrons. The molecule has 3 N–H and O–H groups in total. The Kier molecular flexibility index (Phi) is 7.36. The Balaban J connectivity index is 1.65. The molecule has 136 valence electrons. The number of hydrogen-bond acceptors (Lipinski definition) is 3. The Morgan fingerprint density at radius 2 is 1.50 bits per heavy atom. The molecule has 0 aliphatic rings. The van der Waals surface area contributed by atoms with E-state index in [0.29, 0.717) is 5.56 Å². The van der Waals surface area contributed by atoms with E-state index < -0.39 is 0 Å². The lowest BCUT2D eigenvalue weighted by Gasteiger charge is -2.09. The number of aryl methyl sites for hydroxylation is 1. The van der Waals surface area contributed by atoms with Crippen molar-refractivity contribution >= 4 is 17.7 Å². The van der Waals surface area contributed by atoms with E-state index >= 15 is 0 Å². The summed E-state index contributed by atoms with van der Waals surface area (Å²) in [6.45, 7) is 2.24. The summed E-state index contributed by atoms with van der Waals surface area (Å²) in [7, 11) is 0. The zero-order chi connectivity index (χ0) is 18.8. The highest BCUT2D eigenvalue weighted by molar-refractivity contribution is 5.95. The van der Waals surface area contributed by atoms with Crippen LogP contribution in [-0.2, 0) is 22.4 Å². The van der Waals surface area contributed by atoms with Gasteiger partial charge < -0.3 is 5.32 Å². The van der Waals surface area contributed by atoms with E-state index in [1.807, 2.05) is 49.4 Å². The van der Waals surface area contributed by atoms with Gasteiger partial charge in [-0.25, -0.2) is 0 Å². The third-order valence-corrected chi connectivity index (χ3v) is 3.82. The second-order valence-electron chi connectivity index (χ2n) is 5.82. The van der Waals surface area contributed by atoms with Crippen LogP contribution in [0.4, 0.5) is 0 Å². The van der Waals surface area contributed by atoms with E-state index in [-0.39, 0.29) is 37.1 Å². The fourth-order valence-electron chi connectivity index (χ4n) is 2.31. The van der Waals surface area contributed by atoms with Crippen LogP contribution in [0.3, 0.4) is 0 Å². The minimum atomic E-state index is -0.380. The first-order chi connectivity index (χ1) is 12.6. The number of hydrogen-bond donors (Lipinski definition) is 3. The number of benzene rings is 2. The van der Waals surface area contributed by atoms with E-state index in [1.165, 1.54) is 0 Å². The molecule has 0 saturated heterocycles. The van der Waals surface area contributed by atoms with Gasteiger partial charge in [0.25, 0.3) is 5.91 Å². The van der Waals surface area contributed by atoms with Gasteiger partial charge >= 0.3 is 0 Å². The molecule has 3 amide bonds. The maximum Gasteiger partial charge on any atom is 0.269 e. The minimum Gasteiger partial charge on any atom is -0.355 e. The van der Waals surface area contributed by atoms with Crippen molar-refractivity contribution in [2.45, 2.75) is 26.2 Å². The van der Waals surface area contributed by atoms with Crippen LogP contribution in [0.15, 0.2) is 54.6 Å². The Morgan fingerprint density at radius 3 is 2.15 bits per heavy atom. The topological polar surface area (TPSA) is 87.3 Å². The first kappa shape index (κ1) is 19.2. The van der Waals surface area contributed by atoms with Crippen LogP contribution in [0, 0.1) is 0 Å². The third kappa shape index (κ3) is 6.39. The highest BCUT2D eigenvalue weighted by atomic mass is 16.2. The van der Waals surface area contributed by atoms with Gasteiger partial charge in [-0.05, 0) is 29.7 Å². The van der Waals surface area contributed by atoms with Crippen molar-refractivity contribution in [3.05, 3.63) is 71.3 Å². The molecule has 0 atom stereocenters. The largest absolute Gasteiger partial charge is 0.355 e. The van der Waals surface area contributed by atoms with E-state index in [9.17, 15) is 14.4 Å². The van der Waals surface area contributed by atoms with Crippen LogP contribution in [0.1, 0.15) is 34.8 Å². The van der Waals surface area contributed by atoms with Gasteiger partial charge in [-0.3, -0.25) is 25.2 Å². The Labute approximate surface area is 153 Å². The molecule has 0 aromatic heterocycles. The summed E-state index contributed by atoms with van der Waals surface area (Å²) in [5, 5.41) is 2.68. The van der Waals surface area contributed by atoms with Gasteiger partial charge in [0.15, 0.2) is 0 Å². The Morgan fingerprint density at radius 1 is 0.808 bits per heavy atom. The highest BCUT2D eigenvalue weighted by Gasteiger charge is 2.08. The molecule has 0 heterocycles. The first-order valence-electron chi connectivity index (χ1n) is 8.57. The molecule has 2 aromatic rings. The van der Waals surface area contributed by atoms with Crippen LogP contribution < -0.4 is 16.2 Å². The first-order valence-corrected chi connectivity index (χ1v) is 8.57. The summed E-state index contributed by atoms with van der Waals surface area (Å²) in [5.74, 6) is -0.901. The summed E-state index contributed by atoms with van der Waals surface area (Å²) < 4.78 is 0. The van der Waals surface area contributed by atoms with Crippen molar-refractivity contribution in [2.75, 3.05) is 6.54 Å². The molecule has 6 heteroatoms. The van der Waals surface area contributed by atoms with E-state index in [2.05, 4.69) is 16.2 Å². The van der Waals surface area contributed by atoms with Crippen LogP contribution in [0.2, 0.25) is 0 Å². The normalized spacial score (nSPS) is 10.0. The summed E-state index contributed by atoms with van der Waals surface area (Å²) in [4.78, 5) is 35.5. The number of carbonyl (C=O) groups is 3. The molecular weight excluding hydrogens is 330 g/mol. The van der Waals surface area contributed by atoms with Crippen LogP contribution in [0.25, 0.3) is 0 Å². The van der Waals surface area contributed by atoms with Crippen molar-refractivity contribution in [2.24, 2.45) is 0 Å². The van der Waals surface area contributed by atoms with Crippen LogP contribution in [-0.4, -0.2) is 24.3 Å². The van der Waals surface area contributed by atoms with Crippen LogP contribution >= 0.6 is 0 Å². The number of nitrogens with one attached hydrogen (secondary N) is 3. The van der Waals surface area contributed by atoms with Crippen LogP contribution in [0.5, 0.6) is 0 Å². The monoisotopic (exact) mass is 353 g/mol. The fraction of sp³-hybridized carbons (Fsp3) is 0.250. The Bertz CT molecular complexity index is 743. The zero-order valence-electron chi connectivity index (χ0n) is 14.7. The van der Waals surface area contributed by atoms with E-state index in [4.69, 9.17) is 0 Å². The van der Waals surface area contributed by atoms with Crippen molar-refractivity contribution in [1.82, 2.24) is 16.2 Å². The minimum absolute atomic E-state index is 0.0790. The summed E-state index contributed by atoms with van der Waals surface area (Å²) in [5.41, 5.74) is 7.23.